The fraction of sp³-hybridized carbons (Fsp3) is 0.234. The number of aromatic amines is 2. The summed E-state index contributed by atoms with van der Waals surface area (Å²) in [6.07, 6.45) is 7.79. The summed E-state index contributed by atoms with van der Waals surface area (Å²) >= 11 is 0. The number of ether oxygens (including phenoxy) is 3. The SMILES string of the molecule is COc1ccc2c(c1)C(=O)N(C[C@@]1(c3cc4cc(-c5cc(=O)[nH]c(N)n5)cnc4o3)NC(=O)NC1=O)C2.COc1ccc2c(c1F)C(=O)N(C[C@@]1(c3cc4cc(-c5cc(=O)[nH]c(N)n5)ccc4o3)NC(=O)NC1=O)C2.COc1ccc2c(c1F)C(=O)N(C[C@@]1(c3cc4cncnc4o3)CC(=O)NC1=O)C2.Cc1ccc2c(c1)C(=O)N(C[C@@]1(c3cc4cc(C5CCNCC5)ncc4o3)NC(=O)NC1=O)C2. The Balaban J connectivity index is 0.000000114. The van der Waals surface area contributed by atoms with E-state index in [1.807, 2.05) is 31.2 Å². The topological polar surface area (TPSA) is 589 Å². The van der Waals surface area contributed by atoms with Crippen molar-refractivity contribution in [2.75, 3.05) is 72.1 Å². The lowest BCUT2D eigenvalue weighted by atomic mass is 9.82. The van der Waals surface area contributed by atoms with Gasteiger partial charge in [-0.15, -0.1) is 0 Å². The highest BCUT2D eigenvalue weighted by molar-refractivity contribution is 6.13. The molecule has 5 aromatic carbocycles. The molecule has 0 aliphatic carbocycles. The van der Waals surface area contributed by atoms with E-state index >= 15 is 0 Å². The van der Waals surface area contributed by atoms with Gasteiger partial charge in [0.2, 0.25) is 35.1 Å². The molecule has 0 bridgehead atoms. The number of nitrogens with zero attached hydrogens (tertiary/aromatic N) is 10. The lowest BCUT2D eigenvalue weighted by Gasteiger charge is -2.29. The molecule has 0 spiro atoms. The number of anilines is 2. The summed E-state index contributed by atoms with van der Waals surface area (Å²) in [5.74, 6) is -4.91. The number of carbonyl (C=O) groups excluding carboxylic acids is 12. The van der Waals surface area contributed by atoms with Crippen LogP contribution in [0.4, 0.5) is 35.1 Å². The molecule has 4 atom stereocenters. The maximum absolute atomic E-state index is 14.9. The van der Waals surface area contributed by atoms with E-state index in [-0.39, 0.29) is 133 Å². The number of nitrogen functional groups attached to an aromatic ring is 2. The van der Waals surface area contributed by atoms with Crippen molar-refractivity contribution in [3.63, 3.8) is 0 Å². The molecule has 9 aliphatic rings. The summed E-state index contributed by atoms with van der Waals surface area (Å²) in [6.45, 7) is 3.87. The van der Waals surface area contributed by atoms with Crippen LogP contribution in [0.15, 0.2) is 180 Å². The first-order valence-electron chi connectivity index (χ1n) is 43.2. The predicted molar refractivity (Wildman–Crippen MR) is 481 cm³/mol. The quantitative estimate of drug-likeness (QED) is 0.0342. The maximum atomic E-state index is 14.9. The van der Waals surface area contributed by atoms with Crippen LogP contribution in [0.3, 0.4) is 0 Å². The van der Waals surface area contributed by atoms with E-state index < -0.39 is 104 Å². The average Bonchev–Trinajstić information content (AvgIpc) is 1.60. The highest BCUT2D eigenvalue weighted by atomic mass is 19.1. The lowest BCUT2D eigenvalue weighted by Crippen LogP contribution is -2.52. The maximum Gasteiger partial charge on any atom is 0.322 e. The number of benzene rings is 5. The molecule has 5 saturated heterocycles. The highest BCUT2D eigenvalue weighted by Crippen LogP contribution is 2.44. The van der Waals surface area contributed by atoms with E-state index in [9.17, 15) is 75.9 Å². The Kier molecular flexibility index (Phi) is 21.9. The van der Waals surface area contributed by atoms with E-state index in [2.05, 4.69) is 82.4 Å². The van der Waals surface area contributed by atoms with Crippen molar-refractivity contribution in [1.29, 1.82) is 0 Å². The van der Waals surface area contributed by atoms with E-state index in [0.29, 0.717) is 90.3 Å². The van der Waals surface area contributed by atoms with Crippen molar-refractivity contribution in [1.82, 2.24) is 102 Å². The van der Waals surface area contributed by atoms with Crippen LogP contribution in [0.1, 0.15) is 123 Å². The highest BCUT2D eigenvalue weighted by Gasteiger charge is 2.58. The summed E-state index contributed by atoms with van der Waals surface area (Å²) in [5.41, 5.74) is 12.5. The molecule has 15 amide bonds. The Morgan fingerprint density at radius 1 is 0.446 bits per heavy atom. The van der Waals surface area contributed by atoms with Crippen molar-refractivity contribution in [3.05, 3.63) is 263 Å². The number of rotatable bonds is 18. The molecule has 0 radical (unpaired) electrons. The van der Waals surface area contributed by atoms with Gasteiger partial charge in [-0.25, -0.2) is 48.1 Å². The van der Waals surface area contributed by atoms with Crippen LogP contribution in [0.25, 0.3) is 66.7 Å². The van der Waals surface area contributed by atoms with E-state index in [1.54, 1.807) is 90.0 Å². The van der Waals surface area contributed by atoms with Gasteiger partial charge in [0.1, 0.15) is 46.1 Å². The van der Waals surface area contributed by atoms with Gasteiger partial charge in [0.15, 0.2) is 45.3 Å². The number of imide groups is 4. The van der Waals surface area contributed by atoms with Crippen molar-refractivity contribution in [3.8, 4) is 39.8 Å². The second kappa shape index (κ2) is 34.2. The molecule has 0 unspecified atom stereocenters. The first-order chi connectivity index (χ1) is 66.8. The average molecular weight is 1890 g/mol. The zero-order valence-electron chi connectivity index (χ0n) is 73.7. The number of pyridine rings is 2. The van der Waals surface area contributed by atoms with Crippen molar-refractivity contribution in [2.45, 2.75) is 80.3 Å². The molecule has 23 rings (SSSR count). The van der Waals surface area contributed by atoms with Crippen molar-refractivity contribution < 1.29 is 98.2 Å². The Morgan fingerprint density at radius 3 is 1.47 bits per heavy atom. The number of hydrogen-bond donors (Lipinski definition) is 12. The number of fused-ring (bicyclic) bond motifs is 8. The first-order valence-corrected chi connectivity index (χ1v) is 43.2. The summed E-state index contributed by atoms with van der Waals surface area (Å²) in [6, 6.07) is 32.6. The minimum atomic E-state index is -1.78. The van der Waals surface area contributed by atoms with Crippen molar-refractivity contribution in [2.24, 2.45) is 0 Å². The number of nitrogens with one attached hydrogen (secondary N) is 10. The number of methoxy groups -OCH3 is 3. The molecule has 14 N–H and O–H groups in total. The number of furan rings is 4. The number of aromatic nitrogens is 8. The zero-order valence-corrected chi connectivity index (χ0v) is 73.7. The summed E-state index contributed by atoms with van der Waals surface area (Å²) < 4.78 is 68.4. The Hall–Kier alpha value is -17.9. The van der Waals surface area contributed by atoms with Crippen LogP contribution in [0, 0.1) is 18.6 Å². The van der Waals surface area contributed by atoms with Gasteiger partial charge in [-0.2, -0.15) is 0 Å². The van der Waals surface area contributed by atoms with Crippen LogP contribution in [0.2, 0.25) is 0 Å². The zero-order chi connectivity index (χ0) is 97.2. The molecule has 9 aliphatic heterocycles. The second-order valence-corrected chi connectivity index (χ2v) is 34.4. The lowest BCUT2D eigenvalue weighted by molar-refractivity contribution is -0.127. The molecule has 45 heteroatoms. The summed E-state index contributed by atoms with van der Waals surface area (Å²) in [4.78, 5) is 213. The molecule has 139 heavy (non-hydrogen) atoms. The normalized spacial score (nSPS) is 20.1. The first kappa shape index (κ1) is 89.0. The Morgan fingerprint density at radius 2 is 0.935 bits per heavy atom. The van der Waals surface area contributed by atoms with Crippen LogP contribution < -0.4 is 79.3 Å². The molecule has 9 aromatic heterocycles. The van der Waals surface area contributed by atoms with E-state index in [1.165, 1.54) is 79.0 Å². The van der Waals surface area contributed by atoms with Gasteiger partial charge in [-0.1, -0.05) is 35.9 Å². The number of aryl methyl sites for hydroxylation is 1. The predicted octanol–water partition coefficient (Wildman–Crippen LogP) is 6.07. The van der Waals surface area contributed by atoms with Gasteiger partial charge in [0.05, 0.1) is 81.5 Å². The second-order valence-electron chi connectivity index (χ2n) is 34.4. The van der Waals surface area contributed by atoms with Gasteiger partial charge in [-0.3, -0.25) is 89.0 Å². The monoisotopic (exact) mass is 1890 g/mol. The number of H-pyrrole nitrogens is 2. The third kappa shape index (κ3) is 15.7. The molecule has 5 fully saturated rings. The third-order valence-corrected chi connectivity index (χ3v) is 25.7. The smallest absolute Gasteiger partial charge is 0.322 e. The number of piperidine rings is 1. The molecular weight excluding hydrogens is 1810 g/mol. The van der Waals surface area contributed by atoms with Gasteiger partial charge >= 0.3 is 18.1 Å². The summed E-state index contributed by atoms with van der Waals surface area (Å²) in [7, 11) is 4.12. The van der Waals surface area contributed by atoms with E-state index in [0.717, 1.165) is 53.7 Å². The molecule has 0 saturated carbocycles. The largest absolute Gasteiger partial charge is 0.497 e. The molecule has 14 aromatic rings. The fourth-order valence-corrected chi connectivity index (χ4v) is 18.8. The van der Waals surface area contributed by atoms with Crippen molar-refractivity contribution >= 4 is 127 Å². The van der Waals surface area contributed by atoms with Crippen LogP contribution in [-0.4, -0.2) is 191 Å². The Labute approximate surface area is 779 Å². The van der Waals surface area contributed by atoms with Gasteiger partial charge in [0.25, 0.3) is 52.5 Å². The van der Waals surface area contributed by atoms with E-state index in [4.69, 9.17) is 43.3 Å². The number of carbonyl (C=O) groups is 12. The number of halogens is 2. The third-order valence-electron chi connectivity index (χ3n) is 25.7. The standard InChI is InChI=1S/C25H19FN6O6.C25H25N5O4.C24H19N7O6.C20H15FN4O5/c1-37-16-5-3-12-9-32(21(34)19(12)20(16)26)10-25(22(35)30-24(36)31-25)17-7-13-6-11(2-4-15(13)38-17)14-8-18(33)29-23(27)28-14;1-14-2-3-16-12-30(22(31)18(16)8-14)13-25(23(32)28-24(33)29-25)21-10-17-9-19(27-11-20(17)34-21)15-4-6-26-7-5-15;1-36-14-3-2-11-9-31(20(33)15(11)6-14)10-24(21(34)29-23(35)30-24)17-5-12-4-13(8-26-19(12)37-17)16-7-18(32)28-22(25)27-16;1-29-12-3-2-10-7-25(18(27)15(10)16(12)21)8-20(5-14(26)24-19(20)28)13-4-11-6-22-9-23-17(11)30-13/h2-8H,9-10H2,1H3,(H3,27,28,29,33)(H2,30,31,35,36);2-3,8-11,15,26H,4-7,12-13H2,1H3,(H2,28,29,32,33);2-8H,9-10H2,1H3,(H3,25,27,28,32)(H2,29,30,34,35);2-4,6,9H,5,7-8H2,1H3,(H,24,26,28)/t2*25-;24-;20-/m0001/s1. The minimum absolute atomic E-state index is 0.0139. The van der Waals surface area contributed by atoms with Gasteiger partial charge in [-0.05, 0) is 140 Å². The number of amides is 15. The Bertz CT molecular complexity index is 7780. The number of hydrogen-bond acceptors (Lipinski definition) is 30. The molecule has 704 valence electrons. The fourth-order valence-electron chi connectivity index (χ4n) is 18.8. The number of nitrogens with two attached hydrogens (primary N) is 2. The number of urea groups is 3. The minimum Gasteiger partial charge on any atom is -0.497 e. The molecular formula is C94H78F2N22O21. The summed E-state index contributed by atoms with van der Waals surface area (Å²) in [5, 5.41) is 22.8. The van der Waals surface area contributed by atoms with Crippen LogP contribution in [0.5, 0.6) is 17.2 Å². The molecule has 43 nitrogen and oxygen atoms in total. The van der Waals surface area contributed by atoms with Crippen LogP contribution >= 0.6 is 0 Å². The molecule has 18 heterocycles. The van der Waals surface area contributed by atoms with Crippen LogP contribution in [-0.2, 0) is 72.2 Å². The van der Waals surface area contributed by atoms with Gasteiger partial charge in [0, 0.05) is 107 Å². The van der Waals surface area contributed by atoms with Gasteiger partial charge < -0.3 is 84.2 Å².